The maximum atomic E-state index is 13.3. The lowest BCUT2D eigenvalue weighted by molar-refractivity contribution is 0.0948. The van der Waals surface area contributed by atoms with Crippen molar-refractivity contribution >= 4 is 17.5 Å². The molecular weight excluding hydrogens is 243 g/mol. The van der Waals surface area contributed by atoms with Crippen molar-refractivity contribution in [3.05, 3.63) is 34.1 Å². The first-order valence-electron chi connectivity index (χ1n) is 5.39. The summed E-state index contributed by atoms with van der Waals surface area (Å²) in [6.45, 7) is 4.44. The van der Waals surface area contributed by atoms with E-state index >= 15 is 0 Å². The van der Waals surface area contributed by atoms with Gasteiger partial charge in [0, 0.05) is 6.54 Å². The highest BCUT2D eigenvalue weighted by Crippen LogP contribution is 2.20. The van der Waals surface area contributed by atoms with Gasteiger partial charge in [-0.25, -0.2) is 4.39 Å². The number of aryl methyl sites for hydroxylation is 1. The average molecular weight is 259 g/mol. The first-order chi connectivity index (χ1) is 7.95. The fourth-order valence-corrected chi connectivity index (χ4v) is 1.57. The molecule has 3 nitrogen and oxygen atoms in total. The molecule has 94 valence electrons. The van der Waals surface area contributed by atoms with Crippen molar-refractivity contribution in [1.82, 2.24) is 5.32 Å². The fraction of sp³-hybridized carbons (Fsp3) is 0.417. The van der Waals surface area contributed by atoms with E-state index < -0.39 is 5.82 Å². The van der Waals surface area contributed by atoms with Crippen LogP contribution >= 0.6 is 11.6 Å². The van der Waals surface area contributed by atoms with Gasteiger partial charge in [0.1, 0.15) is 5.82 Å². The Balaban J connectivity index is 2.79. The summed E-state index contributed by atoms with van der Waals surface area (Å²) in [4.78, 5) is 11.7. The predicted octanol–water partition coefficient (Wildman–Crippen LogP) is 2.11. The first kappa shape index (κ1) is 13.9. The van der Waals surface area contributed by atoms with E-state index in [1.165, 1.54) is 6.07 Å². The van der Waals surface area contributed by atoms with Crippen molar-refractivity contribution < 1.29 is 9.18 Å². The monoisotopic (exact) mass is 258 g/mol. The number of carbonyl (C=O) groups excluding carboxylic acids is 1. The smallest absolute Gasteiger partial charge is 0.252 e. The minimum absolute atomic E-state index is 0.152. The molecule has 1 aromatic carbocycles. The Morgan fingerprint density at radius 2 is 2.24 bits per heavy atom. The van der Waals surface area contributed by atoms with Crippen LogP contribution in [0.15, 0.2) is 12.1 Å². The third-order valence-corrected chi connectivity index (χ3v) is 2.82. The Kier molecular flexibility index (Phi) is 4.90. The fourth-order valence-electron chi connectivity index (χ4n) is 1.27. The molecule has 0 bridgehead atoms. The molecule has 3 N–H and O–H groups in total. The third kappa shape index (κ3) is 3.68. The van der Waals surface area contributed by atoms with Crippen LogP contribution in [0, 0.1) is 18.7 Å². The van der Waals surface area contributed by atoms with E-state index in [1.807, 2.05) is 6.92 Å². The van der Waals surface area contributed by atoms with Gasteiger partial charge in [-0.3, -0.25) is 4.79 Å². The topological polar surface area (TPSA) is 55.1 Å². The summed E-state index contributed by atoms with van der Waals surface area (Å²) in [5, 5.41) is 2.92. The lowest BCUT2D eigenvalue weighted by Crippen LogP contribution is -2.31. The van der Waals surface area contributed by atoms with E-state index in [4.69, 9.17) is 17.3 Å². The number of hydrogen-bond donors (Lipinski definition) is 2. The summed E-state index contributed by atoms with van der Waals surface area (Å²) in [6.07, 6.45) is 0. The van der Waals surface area contributed by atoms with Crippen molar-refractivity contribution in [3.63, 3.8) is 0 Å². The number of amides is 1. The molecule has 0 aliphatic rings. The van der Waals surface area contributed by atoms with Gasteiger partial charge < -0.3 is 11.1 Å². The normalized spacial score (nSPS) is 12.3. The number of hydrogen-bond acceptors (Lipinski definition) is 2. The molecule has 0 saturated carbocycles. The minimum Gasteiger partial charge on any atom is -0.352 e. The highest BCUT2D eigenvalue weighted by Gasteiger charge is 2.13. The largest absolute Gasteiger partial charge is 0.352 e. The summed E-state index contributed by atoms with van der Waals surface area (Å²) in [5.41, 5.74) is 6.00. The molecule has 0 heterocycles. The Labute approximate surface area is 105 Å². The number of rotatable bonds is 4. The average Bonchev–Trinajstić information content (AvgIpc) is 2.30. The van der Waals surface area contributed by atoms with Crippen molar-refractivity contribution in [2.45, 2.75) is 13.8 Å². The molecule has 1 rings (SSSR count). The van der Waals surface area contributed by atoms with Crippen LogP contribution in [-0.2, 0) is 0 Å². The second-order valence-electron chi connectivity index (χ2n) is 4.13. The van der Waals surface area contributed by atoms with Crippen molar-refractivity contribution in [3.8, 4) is 0 Å². The third-order valence-electron chi connectivity index (χ3n) is 2.51. The van der Waals surface area contributed by atoms with E-state index in [-0.39, 0.29) is 22.4 Å². The molecule has 5 heteroatoms. The Hall–Kier alpha value is -1.13. The second-order valence-corrected chi connectivity index (χ2v) is 4.54. The van der Waals surface area contributed by atoms with Gasteiger partial charge in [0.15, 0.2) is 0 Å². The highest BCUT2D eigenvalue weighted by atomic mass is 35.5. The number of benzene rings is 1. The van der Waals surface area contributed by atoms with Crippen molar-refractivity contribution in [2.75, 3.05) is 13.1 Å². The van der Waals surface area contributed by atoms with E-state index in [0.717, 1.165) is 6.07 Å². The quantitative estimate of drug-likeness (QED) is 0.869. The SMILES string of the molecule is Cc1cc(Cl)c(C(=O)NCC(C)CN)cc1F. The molecule has 0 spiro atoms. The van der Waals surface area contributed by atoms with Crippen LogP contribution in [0.2, 0.25) is 5.02 Å². The number of halogens is 2. The molecule has 0 fully saturated rings. The van der Waals surface area contributed by atoms with Crippen LogP contribution < -0.4 is 11.1 Å². The maximum Gasteiger partial charge on any atom is 0.252 e. The summed E-state index contributed by atoms with van der Waals surface area (Å²) in [7, 11) is 0. The highest BCUT2D eigenvalue weighted by molar-refractivity contribution is 6.33. The number of carbonyl (C=O) groups is 1. The summed E-state index contributed by atoms with van der Waals surface area (Å²) >= 11 is 5.89. The molecule has 1 amide bonds. The zero-order valence-electron chi connectivity index (χ0n) is 9.89. The van der Waals surface area contributed by atoms with Crippen LogP contribution in [0.3, 0.4) is 0 Å². The van der Waals surface area contributed by atoms with Gasteiger partial charge in [0.2, 0.25) is 0 Å². The second kappa shape index (κ2) is 5.98. The van der Waals surface area contributed by atoms with Gasteiger partial charge in [0.25, 0.3) is 5.91 Å². The van der Waals surface area contributed by atoms with E-state index in [0.29, 0.717) is 18.7 Å². The molecule has 17 heavy (non-hydrogen) atoms. The molecule has 0 aliphatic heterocycles. The first-order valence-corrected chi connectivity index (χ1v) is 5.77. The zero-order chi connectivity index (χ0) is 13.0. The van der Waals surface area contributed by atoms with Gasteiger partial charge in [0.05, 0.1) is 10.6 Å². The van der Waals surface area contributed by atoms with E-state index in [2.05, 4.69) is 5.32 Å². The van der Waals surface area contributed by atoms with Gasteiger partial charge in [-0.1, -0.05) is 18.5 Å². The Morgan fingerprint density at radius 1 is 1.59 bits per heavy atom. The van der Waals surface area contributed by atoms with E-state index in [9.17, 15) is 9.18 Å². The van der Waals surface area contributed by atoms with Gasteiger partial charge >= 0.3 is 0 Å². The number of nitrogens with one attached hydrogen (secondary N) is 1. The van der Waals surface area contributed by atoms with E-state index in [1.54, 1.807) is 6.92 Å². The van der Waals surface area contributed by atoms with Crippen LogP contribution in [0.25, 0.3) is 0 Å². The molecule has 1 atom stereocenters. The summed E-state index contributed by atoms with van der Waals surface area (Å²) in [6, 6.07) is 2.60. The summed E-state index contributed by atoms with van der Waals surface area (Å²) < 4.78 is 13.3. The van der Waals surface area contributed by atoms with Crippen LogP contribution in [-0.4, -0.2) is 19.0 Å². The van der Waals surface area contributed by atoms with Crippen LogP contribution in [0.4, 0.5) is 4.39 Å². The molecular formula is C12H16ClFN2O. The minimum atomic E-state index is -0.438. The molecule has 0 aromatic heterocycles. The maximum absolute atomic E-state index is 13.3. The lowest BCUT2D eigenvalue weighted by Gasteiger charge is -2.11. The molecule has 0 radical (unpaired) electrons. The van der Waals surface area contributed by atoms with Crippen LogP contribution in [0.5, 0.6) is 0 Å². The molecule has 1 aromatic rings. The Bertz CT molecular complexity index is 423. The van der Waals surface area contributed by atoms with Crippen molar-refractivity contribution in [2.24, 2.45) is 11.7 Å². The zero-order valence-corrected chi connectivity index (χ0v) is 10.6. The lowest BCUT2D eigenvalue weighted by atomic mass is 10.1. The summed E-state index contributed by atoms with van der Waals surface area (Å²) in [5.74, 6) is -0.645. The Morgan fingerprint density at radius 3 is 2.82 bits per heavy atom. The van der Waals surface area contributed by atoms with Crippen molar-refractivity contribution in [1.29, 1.82) is 0 Å². The van der Waals surface area contributed by atoms with Gasteiger partial charge in [-0.05, 0) is 37.1 Å². The predicted molar refractivity (Wildman–Crippen MR) is 66.7 cm³/mol. The molecule has 0 aliphatic carbocycles. The van der Waals surface area contributed by atoms with Crippen LogP contribution in [0.1, 0.15) is 22.8 Å². The number of nitrogens with two attached hydrogens (primary N) is 1. The van der Waals surface area contributed by atoms with Gasteiger partial charge in [-0.2, -0.15) is 0 Å². The molecule has 1 unspecified atom stereocenters. The molecule has 0 saturated heterocycles. The standard InChI is InChI=1S/C12H16ClFN2O/c1-7(5-15)6-16-12(17)9-4-11(14)8(2)3-10(9)13/h3-4,7H,5-6,15H2,1-2H3,(H,16,17). The van der Waals surface area contributed by atoms with Gasteiger partial charge in [-0.15, -0.1) is 0 Å².